The Morgan fingerprint density at radius 1 is 0.652 bits per heavy atom. The van der Waals surface area contributed by atoms with Crippen LogP contribution in [-0.2, 0) is 0 Å². The molecule has 3 rings (SSSR count). The molecule has 0 aliphatic rings. The first-order valence-electron chi connectivity index (χ1n) is 7.45. The second-order valence-corrected chi connectivity index (χ2v) is 6.48. The first kappa shape index (κ1) is 15.4. The molecule has 0 saturated heterocycles. The molecule has 3 heteroatoms. The van der Waals surface area contributed by atoms with Crippen molar-refractivity contribution < 1.29 is 9.47 Å². The Bertz CT molecular complexity index is 767. The van der Waals surface area contributed by atoms with E-state index in [2.05, 4.69) is 54.6 Å². The topological polar surface area (TPSA) is 18.5 Å². The van der Waals surface area contributed by atoms with Gasteiger partial charge in [0.05, 0.1) is 14.2 Å². The van der Waals surface area contributed by atoms with Gasteiger partial charge in [-0.05, 0) is 22.4 Å². The van der Waals surface area contributed by atoms with Gasteiger partial charge in [-0.15, -0.1) is 0 Å². The van der Waals surface area contributed by atoms with Gasteiger partial charge in [0.25, 0.3) is 0 Å². The van der Waals surface area contributed by atoms with Gasteiger partial charge in [-0.1, -0.05) is 71.9 Å². The monoisotopic (exact) mass is 318 g/mol. The smallest absolute Gasteiger partial charge is 0.160 e. The summed E-state index contributed by atoms with van der Waals surface area (Å²) in [6.45, 7) is 0. The molecular formula is C20H18O2Si. The van der Waals surface area contributed by atoms with Gasteiger partial charge in [-0.25, -0.2) is 0 Å². The Morgan fingerprint density at radius 2 is 1.35 bits per heavy atom. The highest BCUT2D eigenvalue weighted by molar-refractivity contribution is 6.68. The van der Waals surface area contributed by atoms with E-state index < -0.39 is 0 Å². The Labute approximate surface area is 139 Å². The van der Waals surface area contributed by atoms with E-state index in [-0.39, 0.29) is 0 Å². The Morgan fingerprint density at radius 3 is 2.00 bits per heavy atom. The van der Waals surface area contributed by atoms with Gasteiger partial charge in [0.2, 0.25) is 0 Å². The fraction of sp³-hybridized carbons (Fsp3) is 0.100. The van der Waals surface area contributed by atoms with E-state index in [1.165, 1.54) is 16.3 Å². The zero-order valence-corrected chi connectivity index (χ0v) is 14.2. The van der Waals surface area contributed by atoms with E-state index in [9.17, 15) is 0 Å². The van der Waals surface area contributed by atoms with Gasteiger partial charge in [0, 0.05) is 0 Å². The first-order valence-corrected chi connectivity index (χ1v) is 8.45. The van der Waals surface area contributed by atoms with Crippen LogP contribution in [0.5, 0.6) is 11.5 Å². The van der Waals surface area contributed by atoms with E-state index >= 15 is 0 Å². The van der Waals surface area contributed by atoms with Crippen LogP contribution >= 0.6 is 0 Å². The standard InChI is InChI=1S/C20H18O2Si/c1-21-18-9-6-10-19(20(18)22-2)23-17-13-11-16(12-14-17)15-7-4-3-5-8-15/h3-14H,1-2H3. The minimum atomic E-state index is 0.531. The Hall–Kier alpha value is -2.52. The number of benzene rings is 3. The predicted molar refractivity (Wildman–Crippen MR) is 96.4 cm³/mol. The number of hydrogen-bond donors (Lipinski definition) is 0. The lowest BCUT2D eigenvalue weighted by Gasteiger charge is -2.12. The minimum Gasteiger partial charge on any atom is -0.493 e. The number of para-hydroxylation sites is 1. The third-order valence-electron chi connectivity index (χ3n) is 3.67. The normalized spacial score (nSPS) is 10.3. The molecule has 2 nitrogen and oxygen atoms in total. The zero-order valence-electron chi connectivity index (χ0n) is 13.2. The quantitative estimate of drug-likeness (QED) is 0.673. The Balaban J connectivity index is 1.84. The summed E-state index contributed by atoms with van der Waals surface area (Å²) in [5.74, 6) is 1.60. The summed E-state index contributed by atoms with van der Waals surface area (Å²) in [6.07, 6.45) is 0. The first-order chi connectivity index (χ1) is 11.3. The second-order valence-electron chi connectivity index (χ2n) is 5.11. The maximum atomic E-state index is 5.51. The van der Waals surface area contributed by atoms with Crippen LogP contribution in [0.25, 0.3) is 11.1 Å². The molecule has 3 aromatic rings. The lowest BCUT2D eigenvalue weighted by molar-refractivity contribution is 0.357. The minimum absolute atomic E-state index is 0.531. The third-order valence-corrected chi connectivity index (χ3v) is 4.96. The fourth-order valence-corrected chi connectivity index (χ4v) is 3.68. The summed E-state index contributed by atoms with van der Waals surface area (Å²) in [5, 5.41) is 2.43. The van der Waals surface area contributed by atoms with Crippen LogP contribution in [0.3, 0.4) is 0 Å². The maximum Gasteiger partial charge on any atom is 0.160 e. The van der Waals surface area contributed by atoms with Crippen LogP contribution < -0.4 is 19.8 Å². The van der Waals surface area contributed by atoms with Crippen molar-refractivity contribution in [2.45, 2.75) is 0 Å². The van der Waals surface area contributed by atoms with Gasteiger partial charge >= 0.3 is 0 Å². The average molecular weight is 318 g/mol. The van der Waals surface area contributed by atoms with Crippen molar-refractivity contribution in [3.8, 4) is 22.6 Å². The molecule has 114 valence electrons. The lowest BCUT2D eigenvalue weighted by Crippen LogP contribution is -2.28. The summed E-state index contributed by atoms with van der Waals surface area (Å²) < 4.78 is 10.9. The van der Waals surface area contributed by atoms with Crippen LogP contribution in [0.2, 0.25) is 0 Å². The lowest BCUT2D eigenvalue weighted by atomic mass is 10.1. The molecule has 0 atom stereocenters. The molecule has 0 bridgehead atoms. The summed E-state index contributed by atoms with van der Waals surface area (Å²) in [7, 11) is 3.88. The molecule has 0 aromatic heterocycles. The van der Waals surface area contributed by atoms with Crippen LogP contribution in [0, 0.1) is 0 Å². The molecule has 3 aromatic carbocycles. The van der Waals surface area contributed by atoms with Crippen molar-refractivity contribution in [2.24, 2.45) is 0 Å². The summed E-state index contributed by atoms with van der Waals surface area (Å²) in [4.78, 5) is 0. The molecule has 0 aliphatic carbocycles. The number of hydrogen-bond acceptors (Lipinski definition) is 2. The van der Waals surface area contributed by atoms with E-state index in [0.717, 1.165) is 16.7 Å². The van der Waals surface area contributed by atoms with Crippen molar-refractivity contribution >= 4 is 19.9 Å². The van der Waals surface area contributed by atoms with Crippen LogP contribution in [-0.4, -0.2) is 23.7 Å². The van der Waals surface area contributed by atoms with Crippen molar-refractivity contribution in [3.63, 3.8) is 0 Å². The summed E-state index contributed by atoms with van der Waals surface area (Å²) in [6, 6.07) is 25.1. The molecule has 0 amide bonds. The molecule has 0 fully saturated rings. The molecule has 0 saturated carbocycles. The fourth-order valence-electron chi connectivity index (χ4n) is 2.52. The van der Waals surface area contributed by atoms with Crippen LogP contribution in [0.1, 0.15) is 0 Å². The molecule has 0 heterocycles. The summed E-state index contributed by atoms with van der Waals surface area (Å²) >= 11 is 0. The van der Waals surface area contributed by atoms with Gasteiger partial charge in [0.15, 0.2) is 11.5 Å². The zero-order chi connectivity index (χ0) is 16.1. The van der Waals surface area contributed by atoms with E-state index in [1.54, 1.807) is 14.2 Å². The maximum absolute atomic E-state index is 5.51. The average Bonchev–Trinajstić information content (AvgIpc) is 2.63. The van der Waals surface area contributed by atoms with Crippen molar-refractivity contribution in [1.82, 2.24) is 0 Å². The highest BCUT2D eigenvalue weighted by Crippen LogP contribution is 2.23. The highest BCUT2D eigenvalue weighted by atomic mass is 28.2. The molecule has 2 radical (unpaired) electrons. The number of methoxy groups -OCH3 is 2. The van der Waals surface area contributed by atoms with E-state index in [1.807, 2.05) is 18.2 Å². The molecule has 0 aliphatic heterocycles. The second kappa shape index (κ2) is 7.16. The highest BCUT2D eigenvalue weighted by Gasteiger charge is 2.10. The number of ether oxygens (including phenoxy) is 2. The van der Waals surface area contributed by atoms with Gasteiger partial charge < -0.3 is 9.47 Å². The van der Waals surface area contributed by atoms with Crippen molar-refractivity contribution in [1.29, 1.82) is 0 Å². The molecule has 23 heavy (non-hydrogen) atoms. The molecule has 0 unspecified atom stereocenters. The Kier molecular flexibility index (Phi) is 4.79. The van der Waals surface area contributed by atoms with E-state index in [0.29, 0.717) is 9.52 Å². The van der Waals surface area contributed by atoms with Gasteiger partial charge in [-0.2, -0.15) is 0 Å². The molecular weight excluding hydrogens is 300 g/mol. The SMILES string of the molecule is COc1cccc([Si]c2ccc(-c3ccccc3)cc2)c1OC. The molecule has 0 N–H and O–H groups in total. The largest absolute Gasteiger partial charge is 0.493 e. The van der Waals surface area contributed by atoms with Gasteiger partial charge in [-0.3, -0.25) is 0 Å². The number of rotatable bonds is 5. The van der Waals surface area contributed by atoms with Crippen LogP contribution in [0.4, 0.5) is 0 Å². The van der Waals surface area contributed by atoms with Crippen LogP contribution in [0.15, 0.2) is 72.8 Å². The predicted octanol–water partition coefficient (Wildman–Crippen LogP) is 3.03. The van der Waals surface area contributed by atoms with Gasteiger partial charge in [0.1, 0.15) is 9.52 Å². The van der Waals surface area contributed by atoms with E-state index in [4.69, 9.17) is 9.47 Å². The van der Waals surface area contributed by atoms with Crippen molar-refractivity contribution in [2.75, 3.05) is 14.2 Å². The van der Waals surface area contributed by atoms with Crippen molar-refractivity contribution in [3.05, 3.63) is 72.8 Å². The molecule has 0 spiro atoms. The summed E-state index contributed by atoms with van der Waals surface area (Å²) in [5.41, 5.74) is 2.47. The third kappa shape index (κ3) is 3.46.